The summed E-state index contributed by atoms with van der Waals surface area (Å²) in [7, 11) is 3.40. The van der Waals surface area contributed by atoms with E-state index in [1.54, 1.807) is 37.2 Å². The third-order valence-corrected chi connectivity index (χ3v) is 5.94. The molecule has 2 atom stereocenters. The number of benzene rings is 2. The van der Waals surface area contributed by atoms with Gasteiger partial charge in [0.25, 0.3) is 0 Å². The zero-order chi connectivity index (χ0) is 22.3. The lowest BCUT2D eigenvalue weighted by atomic mass is 9.87. The van der Waals surface area contributed by atoms with Gasteiger partial charge in [-0.3, -0.25) is 9.59 Å². The predicted molar refractivity (Wildman–Crippen MR) is 120 cm³/mol. The number of carbonyl (C=O) groups is 2. The molecule has 2 aromatic carbocycles. The van der Waals surface area contributed by atoms with E-state index in [-0.39, 0.29) is 30.5 Å². The zero-order valence-corrected chi connectivity index (χ0v) is 18.1. The van der Waals surface area contributed by atoms with Gasteiger partial charge in [0.1, 0.15) is 11.8 Å². The molecule has 2 unspecified atom stereocenters. The highest BCUT2D eigenvalue weighted by atomic mass is 16.3. The standard InChI is InChI=1S/C24H28N4O3/c1-14-7-8-19-17(11-14)18-13-20(24(31)27(2)3)28(21(30)9-10-25)23(22(18)26-19)15-5-4-6-16(29)12-15/h4-8,11-12,20,23,26,29H,9-10,13,25H2,1-3H3. The fraction of sp³-hybridized carbons (Fsp3) is 0.333. The van der Waals surface area contributed by atoms with Gasteiger partial charge in [-0.25, -0.2) is 0 Å². The van der Waals surface area contributed by atoms with Gasteiger partial charge in [0.2, 0.25) is 11.8 Å². The Hall–Kier alpha value is -3.32. The largest absolute Gasteiger partial charge is 0.508 e. The monoisotopic (exact) mass is 420 g/mol. The molecule has 1 aliphatic rings. The third kappa shape index (κ3) is 3.65. The van der Waals surface area contributed by atoms with Gasteiger partial charge in [-0.1, -0.05) is 23.8 Å². The number of nitrogens with one attached hydrogen (secondary N) is 1. The van der Waals surface area contributed by atoms with Crippen LogP contribution in [0.2, 0.25) is 0 Å². The van der Waals surface area contributed by atoms with Crippen molar-refractivity contribution in [2.75, 3.05) is 20.6 Å². The van der Waals surface area contributed by atoms with Gasteiger partial charge >= 0.3 is 0 Å². The number of amides is 2. The molecule has 4 N–H and O–H groups in total. The average molecular weight is 421 g/mol. The van der Waals surface area contributed by atoms with E-state index >= 15 is 0 Å². The first-order valence-electron chi connectivity index (χ1n) is 10.4. The van der Waals surface area contributed by atoms with Crippen molar-refractivity contribution in [3.63, 3.8) is 0 Å². The number of nitrogens with two attached hydrogens (primary N) is 1. The summed E-state index contributed by atoms with van der Waals surface area (Å²) in [6.45, 7) is 2.23. The van der Waals surface area contributed by atoms with Crippen LogP contribution in [-0.2, 0) is 16.0 Å². The fourth-order valence-corrected chi connectivity index (χ4v) is 4.54. The van der Waals surface area contributed by atoms with Crippen LogP contribution in [0.15, 0.2) is 42.5 Å². The van der Waals surface area contributed by atoms with Crippen LogP contribution in [0.25, 0.3) is 10.9 Å². The topological polar surface area (TPSA) is 103 Å². The molecule has 0 saturated heterocycles. The summed E-state index contributed by atoms with van der Waals surface area (Å²) in [5.74, 6) is -0.210. The lowest BCUT2D eigenvalue weighted by molar-refractivity contribution is -0.147. The Kier molecular flexibility index (Phi) is 5.45. The molecular formula is C24H28N4O3. The second-order valence-electron chi connectivity index (χ2n) is 8.36. The van der Waals surface area contributed by atoms with Crippen molar-refractivity contribution in [2.24, 2.45) is 5.73 Å². The van der Waals surface area contributed by atoms with Gasteiger partial charge in [0.05, 0.1) is 6.04 Å². The maximum absolute atomic E-state index is 13.3. The van der Waals surface area contributed by atoms with Crippen molar-refractivity contribution >= 4 is 22.7 Å². The molecule has 1 aliphatic heterocycles. The summed E-state index contributed by atoms with van der Waals surface area (Å²) in [5, 5.41) is 11.2. The van der Waals surface area contributed by atoms with Gasteiger partial charge in [0, 0.05) is 50.1 Å². The first kappa shape index (κ1) is 20.9. The van der Waals surface area contributed by atoms with E-state index in [2.05, 4.69) is 11.1 Å². The van der Waals surface area contributed by atoms with E-state index in [0.29, 0.717) is 6.42 Å². The highest BCUT2D eigenvalue weighted by Crippen LogP contribution is 2.42. The second kappa shape index (κ2) is 8.07. The number of H-pyrrole nitrogens is 1. The van der Waals surface area contributed by atoms with Gasteiger partial charge < -0.3 is 25.6 Å². The molecule has 2 heterocycles. The van der Waals surface area contributed by atoms with Gasteiger partial charge in [0.15, 0.2) is 0 Å². The number of hydrogen-bond donors (Lipinski definition) is 3. The number of hydrogen-bond acceptors (Lipinski definition) is 4. The number of aromatic hydroxyl groups is 1. The summed E-state index contributed by atoms with van der Waals surface area (Å²) >= 11 is 0. The van der Waals surface area contributed by atoms with Crippen LogP contribution < -0.4 is 5.73 Å². The number of likely N-dealkylation sites (N-methyl/N-ethyl adjacent to an activating group) is 1. The minimum atomic E-state index is -0.659. The molecule has 0 spiro atoms. The first-order chi connectivity index (χ1) is 14.8. The lowest BCUT2D eigenvalue weighted by Crippen LogP contribution is -2.54. The molecule has 3 aromatic rings. The van der Waals surface area contributed by atoms with Crippen LogP contribution in [0.5, 0.6) is 5.75 Å². The molecule has 7 nitrogen and oxygen atoms in total. The normalized spacial score (nSPS) is 18.1. The van der Waals surface area contributed by atoms with Gasteiger partial charge in [-0.05, 0) is 42.3 Å². The van der Waals surface area contributed by atoms with E-state index in [0.717, 1.165) is 33.3 Å². The Morgan fingerprint density at radius 2 is 2.00 bits per heavy atom. The highest BCUT2D eigenvalue weighted by molar-refractivity contribution is 5.92. The maximum Gasteiger partial charge on any atom is 0.245 e. The van der Waals surface area contributed by atoms with Crippen molar-refractivity contribution in [3.05, 3.63) is 64.8 Å². The lowest BCUT2D eigenvalue weighted by Gasteiger charge is -2.42. The quantitative estimate of drug-likeness (QED) is 0.603. The Morgan fingerprint density at radius 1 is 1.23 bits per heavy atom. The maximum atomic E-state index is 13.3. The summed E-state index contributed by atoms with van der Waals surface area (Å²) in [6, 6.07) is 11.8. The average Bonchev–Trinajstić information content (AvgIpc) is 3.09. The number of phenolic OH excluding ortho intramolecular Hbond substituents is 1. The second-order valence-corrected chi connectivity index (χ2v) is 8.36. The van der Waals surface area contributed by atoms with E-state index in [1.165, 1.54) is 4.90 Å². The van der Waals surface area contributed by atoms with Crippen molar-refractivity contribution in [3.8, 4) is 5.75 Å². The van der Waals surface area contributed by atoms with Gasteiger partial charge in [-0.15, -0.1) is 0 Å². The van der Waals surface area contributed by atoms with Crippen molar-refractivity contribution in [1.29, 1.82) is 0 Å². The number of aromatic amines is 1. The van der Waals surface area contributed by atoms with Crippen LogP contribution in [0.4, 0.5) is 0 Å². The zero-order valence-electron chi connectivity index (χ0n) is 18.1. The Labute approximate surface area is 181 Å². The Morgan fingerprint density at radius 3 is 2.68 bits per heavy atom. The number of nitrogens with zero attached hydrogens (tertiary/aromatic N) is 2. The van der Waals surface area contributed by atoms with Crippen LogP contribution in [0.1, 0.15) is 34.8 Å². The predicted octanol–water partition coefficient (Wildman–Crippen LogP) is 2.46. The molecule has 4 rings (SSSR count). The SMILES string of the molecule is Cc1ccc2[nH]c3c(c2c1)CC(C(=O)N(C)C)N(C(=O)CCN)C3c1cccc(O)c1. The first-order valence-corrected chi connectivity index (χ1v) is 10.4. The molecule has 1 aromatic heterocycles. The van der Waals surface area contributed by atoms with E-state index in [9.17, 15) is 14.7 Å². The molecule has 0 radical (unpaired) electrons. The fourth-order valence-electron chi connectivity index (χ4n) is 4.54. The van der Waals surface area contributed by atoms with Crippen molar-refractivity contribution < 1.29 is 14.7 Å². The molecule has 162 valence electrons. The minimum absolute atomic E-state index is 0.110. The Bertz CT molecular complexity index is 1150. The van der Waals surface area contributed by atoms with Crippen LogP contribution in [0, 0.1) is 6.92 Å². The molecule has 0 bridgehead atoms. The summed E-state index contributed by atoms with van der Waals surface area (Å²) < 4.78 is 0. The number of aromatic nitrogens is 1. The van der Waals surface area contributed by atoms with Crippen molar-refractivity contribution in [1.82, 2.24) is 14.8 Å². The highest BCUT2D eigenvalue weighted by Gasteiger charge is 2.43. The summed E-state index contributed by atoms with van der Waals surface area (Å²) in [4.78, 5) is 33.2. The number of carbonyl (C=O) groups excluding carboxylic acids is 2. The number of phenols is 1. The minimum Gasteiger partial charge on any atom is -0.508 e. The third-order valence-electron chi connectivity index (χ3n) is 5.94. The summed E-state index contributed by atoms with van der Waals surface area (Å²) in [6.07, 6.45) is 0.558. The molecular weight excluding hydrogens is 392 g/mol. The smallest absolute Gasteiger partial charge is 0.245 e. The van der Waals surface area contributed by atoms with Gasteiger partial charge in [-0.2, -0.15) is 0 Å². The number of aryl methyl sites for hydroxylation is 1. The summed E-state index contributed by atoms with van der Waals surface area (Å²) in [5.41, 5.74) is 10.4. The number of fused-ring (bicyclic) bond motifs is 3. The molecule has 31 heavy (non-hydrogen) atoms. The molecule has 2 amide bonds. The molecule has 0 aliphatic carbocycles. The van der Waals surface area contributed by atoms with E-state index < -0.39 is 12.1 Å². The molecule has 0 fully saturated rings. The van der Waals surface area contributed by atoms with Crippen LogP contribution in [0.3, 0.4) is 0 Å². The van der Waals surface area contributed by atoms with Crippen LogP contribution in [-0.4, -0.2) is 58.4 Å². The number of rotatable bonds is 4. The van der Waals surface area contributed by atoms with Crippen LogP contribution >= 0.6 is 0 Å². The Balaban J connectivity index is 1.99. The van der Waals surface area contributed by atoms with Crippen molar-refractivity contribution in [2.45, 2.75) is 31.8 Å². The molecule has 7 heteroatoms. The molecule has 0 saturated carbocycles. The van der Waals surface area contributed by atoms with E-state index in [4.69, 9.17) is 5.73 Å². The van der Waals surface area contributed by atoms with E-state index in [1.807, 2.05) is 25.1 Å².